The number of nitrogens with one attached hydrogen (secondary N) is 1. The molecule has 2 atom stereocenters. The fourth-order valence-corrected chi connectivity index (χ4v) is 4.30. The van der Waals surface area contributed by atoms with Gasteiger partial charge in [-0.3, -0.25) is 9.65 Å². The van der Waals surface area contributed by atoms with Crippen LogP contribution >= 0.6 is 19.1 Å². The first kappa shape index (κ1) is 16.4. The normalized spacial score (nSPS) is 22.4. The summed E-state index contributed by atoms with van der Waals surface area (Å²) in [6.45, 7) is 0. The SMILES string of the molecule is CN(N=O)C1=N[C@H](c2ccccc2Cl)[P@@](=O)(Nc2ncccn2)O1. The van der Waals surface area contributed by atoms with E-state index < -0.39 is 13.3 Å². The molecular weight excluding hydrogens is 355 g/mol. The van der Waals surface area contributed by atoms with Crippen LogP contribution in [0.3, 0.4) is 0 Å². The Balaban J connectivity index is 2.02. The summed E-state index contributed by atoms with van der Waals surface area (Å²) in [6.07, 6.45) is 2.98. The third-order valence-electron chi connectivity index (χ3n) is 3.18. The second-order valence-electron chi connectivity index (χ2n) is 4.78. The van der Waals surface area contributed by atoms with Crippen molar-refractivity contribution in [3.05, 3.63) is 58.2 Å². The minimum absolute atomic E-state index is 0.107. The molecule has 0 unspecified atom stereocenters. The lowest BCUT2D eigenvalue weighted by molar-refractivity contribution is 0.403. The molecule has 0 spiro atoms. The summed E-state index contributed by atoms with van der Waals surface area (Å²) < 4.78 is 18.8. The van der Waals surface area contributed by atoms with Gasteiger partial charge < -0.3 is 4.52 Å². The highest BCUT2D eigenvalue weighted by molar-refractivity contribution is 7.61. The molecule has 0 amide bonds. The highest BCUT2D eigenvalue weighted by atomic mass is 35.5. The van der Waals surface area contributed by atoms with Gasteiger partial charge in [-0.1, -0.05) is 29.8 Å². The zero-order chi connectivity index (χ0) is 17.2. The monoisotopic (exact) mass is 366 g/mol. The number of hydrogen-bond donors (Lipinski definition) is 1. The van der Waals surface area contributed by atoms with Crippen LogP contribution in [0.1, 0.15) is 11.3 Å². The minimum Gasteiger partial charge on any atom is -0.393 e. The van der Waals surface area contributed by atoms with E-state index in [1.54, 1.807) is 30.3 Å². The lowest BCUT2D eigenvalue weighted by Crippen LogP contribution is -2.20. The van der Waals surface area contributed by atoms with E-state index in [-0.39, 0.29) is 12.0 Å². The Morgan fingerprint density at radius 3 is 2.67 bits per heavy atom. The molecule has 24 heavy (non-hydrogen) atoms. The fourth-order valence-electron chi connectivity index (χ4n) is 2.07. The number of nitroso groups, excluding NO2 is 1. The van der Waals surface area contributed by atoms with Crippen molar-refractivity contribution in [2.45, 2.75) is 5.78 Å². The van der Waals surface area contributed by atoms with E-state index in [9.17, 15) is 9.47 Å². The highest BCUT2D eigenvalue weighted by Crippen LogP contribution is 2.64. The van der Waals surface area contributed by atoms with Crippen LogP contribution in [0.2, 0.25) is 5.02 Å². The van der Waals surface area contributed by atoms with Gasteiger partial charge in [0.05, 0.1) is 5.29 Å². The molecule has 1 N–H and O–H groups in total. The summed E-state index contributed by atoms with van der Waals surface area (Å²) in [5.41, 5.74) is 0.486. The molecule has 2 aromatic rings. The minimum atomic E-state index is -3.68. The van der Waals surface area contributed by atoms with Crippen molar-refractivity contribution < 1.29 is 9.09 Å². The van der Waals surface area contributed by atoms with Crippen LogP contribution in [0.4, 0.5) is 5.95 Å². The maximum atomic E-state index is 13.3. The third kappa shape index (κ3) is 3.08. The van der Waals surface area contributed by atoms with Gasteiger partial charge in [-0.05, 0) is 12.1 Å². The van der Waals surface area contributed by atoms with Gasteiger partial charge in [0.1, 0.15) is 0 Å². The predicted molar refractivity (Wildman–Crippen MR) is 89.5 cm³/mol. The van der Waals surface area contributed by atoms with Crippen molar-refractivity contribution in [1.82, 2.24) is 15.0 Å². The van der Waals surface area contributed by atoms with Gasteiger partial charge in [-0.25, -0.2) is 15.0 Å². The van der Waals surface area contributed by atoms with Gasteiger partial charge in [-0.15, -0.1) is 4.91 Å². The van der Waals surface area contributed by atoms with Crippen LogP contribution in [-0.4, -0.2) is 28.0 Å². The average Bonchev–Trinajstić information content (AvgIpc) is 2.92. The largest absolute Gasteiger partial charge is 0.393 e. The Morgan fingerprint density at radius 2 is 2.00 bits per heavy atom. The Kier molecular flexibility index (Phi) is 4.46. The highest BCUT2D eigenvalue weighted by Gasteiger charge is 2.46. The standard InChI is InChI=1S/C13H12ClN6O3P/c1-20(19-21)13-17-11(9-5-2-3-6-10(9)14)24(22,23-13)18-12-15-7-4-8-16-12/h2-8,11H,1H3,(H,15,16,18,22)/t11-,24-/m0/s1. The molecule has 11 heteroatoms. The molecule has 2 heterocycles. The Bertz CT molecular complexity index is 833. The number of benzene rings is 1. The first-order valence-corrected chi connectivity index (χ1v) is 8.84. The second-order valence-corrected chi connectivity index (χ2v) is 7.28. The number of hydrogen-bond acceptors (Lipinski definition) is 7. The molecule has 0 saturated heterocycles. The Labute approximate surface area is 142 Å². The van der Waals surface area contributed by atoms with Gasteiger partial charge in [0.2, 0.25) is 5.95 Å². The summed E-state index contributed by atoms with van der Waals surface area (Å²) in [5.74, 6) is -0.856. The quantitative estimate of drug-likeness (QED) is 0.501. The molecular formula is C13H12ClN6O3P. The molecule has 9 nitrogen and oxygen atoms in total. The first-order valence-electron chi connectivity index (χ1n) is 6.77. The molecule has 3 rings (SSSR count). The topological polar surface area (TPSA) is 109 Å². The van der Waals surface area contributed by atoms with Crippen LogP contribution in [0, 0.1) is 4.91 Å². The first-order chi connectivity index (χ1) is 11.5. The molecule has 0 aliphatic carbocycles. The molecule has 124 valence electrons. The second kappa shape index (κ2) is 6.54. The summed E-state index contributed by atoms with van der Waals surface area (Å²) in [4.78, 5) is 22.9. The lowest BCUT2D eigenvalue weighted by atomic mass is 10.2. The number of halogens is 1. The molecule has 1 aliphatic heterocycles. The summed E-state index contributed by atoms with van der Waals surface area (Å²) in [5, 5.41) is 6.59. The van der Waals surface area contributed by atoms with Gasteiger partial charge in [0, 0.05) is 30.0 Å². The zero-order valence-corrected chi connectivity index (χ0v) is 14.1. The maximum absolute atomic E-state index is 13.3. The van der Waals surface area contributed by atoms with Crippen molar-refractivity contribution in [2.75, 3.05) is 12.1 Å². The number of nitrogens with zero attached hydrogens (tertiary/aromatic N) is 5. The van der Waals surface area contributed by atoms with E-state index >= 15 is 0 Å². The Hall–Kier alpha value is -2.51. The van der Waals surface area contributed by atoms with Gasteiger partial charge in [-0.2, -0.15) is 5.01 Å². The van der Waals surface area contributed by atoms with E-state index in [1.807, 2.05) is 0 Å². The Morgan fingerprint density at radius 1 is 1.29 bits per heavy atom. The van der Waals surface area contributed by atoms with Crippen molar-refractivity contribution in [1.29, 1.82) is 0 Å². The van der Waals surface area contributed by atoms with Crippen LogP contribution < -0.4 is 5.09 Å². The molecule has 0 bridgehead atoms. The number of anilines is 1. The average molecular weight is 367 g/mol. The molecule has 1 aliphatic rings. The summed E-state index contributed by atoms with van der Waals surface area (Å²) in [7, 11) is -2.34. The fraction of sp³-hybridized carbons (Fsp3) is 0.154. The smallest absolute Gasteiger partial charge is 0.374 e. The number of aliphatic imine (C=N–C) groups is 1. The van der Waals surface area contributed by atoms with E-state index in [1.165, 1.54) is 19.4 Å². The van der Waals surface area contributed by atoms with E-state index in [0.29, 0.717) is 10.6 Å². The van der Waals surface area contributed by atoms with Gasteiger partial charge in [0.25, 0.3) is 0 Å². The van der Waals surface area contributed by atoms with Crippen molar-refractivity contribution >= 4 is 31.1 Å². The number of aromatic nitrogens is 2. The van der Waals surface area contributed by atoms with Crippen LogP contribution in [0.15, 0.2) is 53.0 Å². The van der Waals surface area contributed by atoms with Gasteiger partial charge in [0.15, 0.2) is 5.78 Å². The van der Waals surface area contributed by atoms with Crippen LogP contribution in [-0.2, 0) is 9.09 Å². The van der Waals surface area contributed by atoms with Crippen molar-refractivity contribution in [3.8, 4) is 0 Å². The molecule has 1 aromatic carbocycles. The lowest BCUT2D eigenvalue weighted by Gasteiger charge is -2.19. The van der Waals surface area contributed by atoms with Crippen LogP contribution in [0.5, 0.6) is 0 Å². The molecule has 0 saturated carbocycles. The molecule has 0 fully saturated rings. The van der Waals surface area contributed by atoms with E-state index in [4.69, 9.17) is 16.1 Å². The van der Waals surface area contributed by atoms with E-state index in [0.717, 1.165) is 5.01 Å². The maximum Gasteiger partial charge on any atom is 0.374 e. The van der Waals surface area contributed by atoms with Gasteiger partial charge >= 0.3 is 13.5 Å². The number of rotatable bonds is 4. The summed E-state index contributed by atoms with van der Waals surface area (Å²) in [6, 6.07) is 8.24. The molecule has 1 aromatic heterocycles. The third-order valence-corrected chi connectivity index (χ3v) is 5.50. The van der Waals surface area contributed by atoms with Crippen LogP contribution in [0.25, 0.3) is 0 Å². The zero-order valence-electron chi connectivity index (χ0n) is 12.4. The van der Waals surface area contributed by atoms with E-state index in [2.05, 4.69) is 25.3 Å². The van der Waals surface area contributed by atoms with Crippen molar-refractivity contribution in [2.24, 2.45) is 10.3 Å². The van der Waals surface area contributed by atoms with Crippen molar-refractivity contribution in [3.63, 3.8) is 0 Å². The molecule has 0 radical (unpaired) electrons. The predicted octanol–water partition coefficient (Wildman–Crippen LogP) is 3.43. The number of amidine groups is 1. The summed E-state index contributed by atoms with van der Waals surface area (Å²) >= 11 is 6.19.